The van der Waals surface area contributed by atoms with Crippen LogP contribution < -0.4 is 0 Å². The fourth-order valence-corrected chi connectivity index (χ4v) is 3.89. The molecule has 1 rings (SSSR count). The second kappa shape index (κ2) is 10.8. The van der Waals surface area contributed by atoms with Crippen LogP contribution >= 0.6 is 0 Å². The lowest BCUT2D eigenvalue weighted by Crippen LogP contribution is -2.47. The lowest BCUT2D eigenvalue weighted by molar-refractivity contribution is -0.143. The number of rotatable bonds is 10. The third-order valence-corrected chi connectivity index (χ3v) is 5.08. The van der Waals surface area contributed by atoms with E-state index in [2.05, 4.69) is 41.5 Å². The maximum Gasteiger partial charge on any atom is 0.242 e. The largest absolute Gasteiger partial charge is 0.353 e. The first-order valence-corrected chi connectivity index (χ1v) is 11.0. The Hall–Kier alpha value is -1.78. The predicted molar refractivity (Wildman–Crippen MR) is 120 cm³/mol. The minimum Gasteiger partial charge on any atom is -0.353 e. The molecule has 0 aliphatic rings. The summed E-state index contributed by atoms with van der Waals surface area (Å²) in [5.74, 6) is 0.766. The zero-order chi connectivity index (χ0) is 22.4. The van der Waals surface area contributed by atoms with Crippen LogP contribution in [0.1, 0.15) is 73.9 Å². The van der Waals surface area contributed by atoms with E-state index in [4.69, 9.17) is 0 Å². The average Bonchev–Trinajstić information content (AvgIpc) is 2.93. The van der Waals surface area contributed by atoms with Crippen molar-refractivity contribution in [3.05, 3.63) is 24.0 Å². The fraction of sp³-hybridized carbons (Fsp3) is 0.750. The van der Waals surface area contributed by atoms with E-state index < -0.39 is 0 Å². The number of hydrogen-bond acceptors (Lipinski definition) is 2. The summed E-state index contributed by atoms with van der Waals surface area (Å²) < 4.78 is 2.04. The molecule has 5 nitrogen and oxygen atoms in total. The highest BCUT2D eigenvalue weighted by atomic mass is 16.2. The Bertz CT molecular complexity index is 655. The van der Waals surface area contributed by atoms with Gasteiger partial charge in [0.1, 0.15) is 0 Å². The third kappa shape index (κ3) is 9.05. The second-order valence-corrected chi connectivity index (χ2v) is 10.5. The molecule has 1 aromatic rings. The minimum atomic E-state index is 0.00391. The summed E-state index contributed by atoms with van der Waals surface area (Å²) in [5.41, 5.74) is 1.29. The Morgan fingerprint density at radius 2 is 1.69 bits per heavy atom. The van der Waals surface area contributed by atoms with Gasteiger partial charge in [0.15, 0.2) is 0 Å². The molecule has 29 heavy (non-hydrogen) atoms. The zero-order valence-electron chi connectivity index (χ0n) is 20.2. The van der Waals surface area contributed by atoms with Gasteiger partial charge in [-0.05, 0) is 49.7 Å². The number of hydrogen-bond donors (Lipinski definition) is 0. The van der Waals surface area contributed by atoms with E-state index in [0.717, 1.165) is 12.1 Å². The molecule has 1 heterocycles. The topological polar surface area (TPSA) is 45.6 Å². The first-order valence-electron chi connectivity index (χ1n) is 11.0. The van der Waals surface area contributed by atoms with Gasteiger partial charge >= 0.3 is 0 Å². The minimum absolute atomic E-state index is 0.00391. The van der Waals surface area contributed by atoms with Crippen LogP contribution in [-0.2, 0) is 23.2 Å². The van der Waals surface area contributed by atoms with E-state index in [1.807, 2.05) is 48.7 Å². The van der Waals surface area contributed by atoms with E-state index in [0.29, 0.717) is 31.3 Å². The van der Waals surface area contributed by atoms with Crippen LogP contribution in [0.15, 0.2) is 18.3 Å². The van der Waals surface area contributed by atoms with Gasteiger partial charge in [-0.1, -0.05) is 41.5 Å². The quantitative estimate of drug-likeness (QED) is 0.566. The van der Waals surface area contributed by atoms with Crippen molar-refractivity contribution in [2.75, 3.05) is 13.1 Å². The molecule has 0 aliphatic carbocycles. The highest BCUT2D eigenvalue weighted by Crippen LogP contribution is 2.26. The van der Waals surface area contributed by atoms with Crippen molar-refractivity contribution >= 4 is 11.8 Å². The maximum absolute atomic E-state index is 13.2. The van der Waals surface area contributed by atoms with Gasteiger partial charge in [-0.2, -0.15) is 0 Å². The summed E-state index contributed by atoms with van der Waals surface area (Å²) in [4.78, 5) is 29.8. The summed E-state index contributed by atoms with van der Waals surface area (Å²) >= 11 is 0. The van der Waals surface area contributed by atoms with Crippen molar-refractivity contribution < 1.29 is 9.59 Å². The van der Waals surface area contributed by atoms with Gasteiger partial charge in [-0.25, -0.2) is 0 Å². The van der Waals surface area contributed by atoms with Gasteiger partial charge in [0.25, 0.3) is 0 Å². The first-order chi connectivity index (χ1) is 13.3. The van der Waals surface area contributed by atoms with Crippen molar-refractivity contribution in [1.29, 1.82) is 0 Å². The van der Waals surface area contributed by atoms with E-state index >= 15 is 0 Å². The molecule has 0 fully saturated rings. The van der Waals surface area contributed by atoms with Gasteiger partial charge < -0.3 is 14.4 Å². The molecule has 166 valence electrons. The lowest BCUT2D eigenvalue weighted by Gasteiger charge is -2.32. The first kappa shape index (κ1) is 25.3. The Morgan fingerprint density at radius 1 is 1.07 bits per heavy atom. The number of carbonyl (C=O) groups is 2. The van der Waals surface area contributed by atoms with Crippen LogP contribution in [0.25, 0.3) is 0 Å². The summed E-state index contributed by atoms with van der Waals surface area (Å²) in [6.45, 7) is 18.3. The predicted octanol–water partition coefficient (Wildman–Crippen LogP) is 4.71. The molecule has 0 saturated carbocycles. The second-order valence-electron chi connectivity index (χ2n) is 10.5. The lowest BCUT2D eigenvalue weighted by atomic mass is 9.84. The number of amides is 2. The van der Waals surface area contributed by atoms with Crippen LogP contribution in [0.4, 0.5) is 0 Å². The van der Waals surface area contributed by atoms with Gasteiger partial charge in [0.2, 0.25) is 11.8 Å². The Balaban J connectivity index is 2.86. The Kier molecular flexibility index (Phi) is 9.44. The van der Waals surface area contributed by atoms with Gasteiger partial charge in [0.05, 0.1) is 13.1 Å². The molecule has 0 spiro atoms. The Morgan fingerprint density at radius 3 is 2.14 bits per heavy atom. The molecule has 2 amide bonds. The van der Waals surface area contributed by atoms with Crippen LogP contribution in [0, 0.1) is 17.3 Å². The van der Waals surface area contributed by atoms with Gasteiger partial charge in [-0.3, -0.25) is 9.59 Å². The summed E-state index contributed by atoms with van der Waals surface area (Å²) in [6, 6.07) is 4.04. The molecule has 0 aliphatic heterocycles. The summed E-state index contributed by atoms with van der Waals surface area (Å²) in [6.07, 6.45) is 3.48. The van der Waals surface area contributed by atoms with Crippen LogP contribution in [-0.4, -0.2) is 45.3 Å². The van der Waals surface area contributed by atoms with Gasteiger partial charge in [-0.15, -0.1) is 0 Å². The highest BCUT2D eigenvalue weighted by molar-refractivity contribution is 5.85. The molecular formula is C24H43N3O2. The standard InChI is InChI=1S/C24H43N3O2/c1-18(2)15-26(16-21-11-10-12-25(21)9)23(29)17-27(19(3)4)22(28)13-20(5)14-24(6,7)8/h10-12,18-20H,13-17H2,1-9H3/t20-/m1/s1. The van der Waals surface area contributed by atoms with E-state index in [1.54, 1.807) is 4.90 Å². The summed E-state index contributed by atoms with van der Waals surface area (Å²) in [5, 5.41) is 0. The van der Waals surface area contributed by atoms with Crippen LogP contribution in [0.3, 0.4) is 0 Å². The van der Waals surface area contributed by atoms with Crippen LogP contribution in [0.5, 0.6) is 0 Å². The monoisotopic (exact) mass is 405 g/mol. The zero-order valence-corrected chi connectivity index (χ0v) is 20.2. The van der Waals surface area contributed by atoms with E-state index in [-0.39, 0.29) is 29.8 Å². The van der Waals surface area contributed by atoms with E-state index in [9.17, 15) is 9.59 Å². The van der Waals surface area contributed by atoms with Crippen LogP contribution in [0.2, 0.25) is 0 Å². The van der Waals surface area contributed by atoms with Crippen molar-refractivity contribution in [2.45, 2.75) is 80.8 Å². The van der Waals surface area contributed by atoms with Crippen molar-refractivity contribution in [3.8, 4) is 0 Å². The molecule has 5 heteroatoms. The number of nitrogens with zero attached hydrogens (tertiary/aromatic N) is 3. The highest BCUT2D eigenvalue weighted by Gasteiger charge is 2.26. The number of aromatic nitrogens is 1. The van der Waals surface area contributed by atoms with Crippen molar-refractivity contribution in [1.82, 2.24) is 14.4 Å². The van der Waals surface area contributed by atoms with E-state index in [1.165, 1.54) is 0 Å². The normalized spacial score (nSPS) is 13.1. The van der Waals surface area contributed by atoms with Crippen molar-refractivity contribution in [2.24, 2.45) is 24.3 Å². The molecule has 0 bridgehead atoms. The average molecular weight is 406 g/mol. The molecule has 0 radical (unpaired) electrons. The smallest absolute Gasteiger partial charge is 0.242 e. The third-order valence-electron chi connectivity index (χ3n) is 5.08. The van der Waals surface area contributed by atoms with Gasteiger partial charge in [0, 0.05) is 37.9 Å². The Labute approximate surface area is 178 Å². The fourth-order valence-electron chi connectivity index (χ4n) is 3.89. The summed E-state index contributed by atoms with van der Waals surface area (Å²) in [7, 11) is 1.99. The molecule has 0 aromatic carbocycles. The molecule has 0 saturated heterocycles. The SMILES string of the molecule is CC(C)CN(Cc1cccn1C)C(=O)CN(C(=O)C[C@@H](C)CC(C)(C)C)C(C)C. The molecular weight excluding hydrogens is 362 g/mol. The molecule has 1 aromatic heterocycles. The number of carbonyl (C=O) groups excluding carboxylic acids is 2. The molecule has 1 atom stereocenters. The van der Waals surface area contributed by atoms with Crippen molar-refractivity contribution in [3.63, 3.8) is 0 Å². The number of aryl methyl sites for hydroxylation is 1. The molecule has 0 N–H and O–H groups in total. The maximum atomic E-state index is 13.2. The molecule has 0 unspecified atom stereocenters.